The lowest BCUT2D eigenvalue weighted by Gasteiger charge is -2.16. The van der Waals surface area contributed by atoms with Crippen LogP contribution in [0, 0.1) is 13.8 Å². The number of amides is 1. The third-order valence-electron chi connectivity index (χ3n) is 5.01. The summed E-state index contributed by atoms with van der Waals surface area (Å²) >= 11 is 1.32. The number of para-hydroxylation sites is 2. The SMILES string of the molecule is C=CCn1c(SCC(=O)Nc2ccccc2OCC)nnc1C(C)Oc1ccc(C)c(C)c1. The molecule has 0 aliphatic carbocycles. The molecule has 7 nitrogen and oxygen atoms in total. The smallest absolute Gasteiger partial charge is 0.234 e. The van der Waals surface area contributed by atoms with Crippen molar-refractivity contribution < 1.29 is 14.3 Å². The first-order valence-electron chi connectivity index (χ1n) is 10.8. The fourth-order valence-electron chi connectivity index (χ4n) is 3.22. The second-order valence-corrected chi connectivity index (χ2v) is 8.45. The van der Waals surface area contributed by atoms with Crippen molar-refractivity contribution in [1.29, 1.82) is 0 Å². The zero-order valence-corrected chi connectivity index (χ0v) is 20.3. The summed E-state index contributed by atoms with van der Waals surface area (Å²) in [5, 5.41) is 12.2. The maximum Gasteiger partial charge on any atom is 0.234 e. The van der Waals surface area contributed by atoms with Crippen molar-refractivity contribution in [3.63, 3.8) is 0 Å². The molecule has 1 heterocycles. The molecule has 0 fully saturated rings. The Kier molecular flexibility index (Phi) is 8.54. The lowest BCUT2D eigenvalue weighted by atomic mass is 10.1. The molecular formula is C25H30N4O3S. The van der Waals surface area contributed by atoms with Crippen molar-refractivity contribution in [2.24, 2.45) is 0 Å². The van der Waals surface area contributed by atoms with Gasteiger partial charge in [-0.2, -0.15) is 0 Å². The highest BCUT2D eigenvalue weighted by Crippen LogP contribution is 2.27. The predicted molar refractivity (Wildman–Crippen MR) is 132 cm³/mol. The number of nitrogens with one attached hydrogen (secondary N) is 1. The van der Waals surface area contributed by atoms with E-state index in [0.717, 1.165) is 5.75 Å². The number of carbonyl (C=O) groups is 1. The number of ether oxygens (including phenoxy) is 2. The number of allylic oxidation sites excluding steroid dienone is 1. The van der Waals surface area contributed by atoms with Crippen LogP contribution in [0.5, 0.6) is 11.5 Å². The molecule has 1 N–H and O–H groups in total. The van der Waals surface area contributed by atoms with E-state index in [1.54, 1.807) is 6.08 Å². The Balaban J connectivity index is 1.68. The molecule has 1 unspecified atom stereocenters. The molecule has 0 saturated heterocycles. The Labute approximate surface area is 199 Å². The molecule has 174 valence electrons. The van der Waals surface area contributed by atoms with Gasteiger partial charge in [0.25, 0.3) is 0 Å². The Hall–Kier alpha value is -3.26. The van der Waals surface area contributed by atoms with Gasteiger partial charge < -0.3 is 14.8 Å². The Morgan fingerprint density at radius 1 is 1.21 bits per heavy atom. The number of hydrogen-bond donors (Lipinski definition) is 1. The summed E-state index contributed by atoms with van der Waals surface area (Å²) in [4.78, 5) is 12.6. The zero-order chi connectivity index (χ0) is 23.8. The highest BCUT2D eigenvalue weighted by atomic mass is 32.2. The van der Waals surface area contributed by atoms with Gasteiger partial charge in [-0.3, -0.25) is 9.36 Å². The van der Waals surface area contributed by atoms with Crippen molar-refractivity contribution in [3.05, 3.63) is 72.1 Å². The Morgan fingerprint density at radius 3 is 2.73 bits per heavy atom. The van der Waals surface area contributed by atoms with Gasteiger partial charge in [-0.15, -0.1) is 16.8 Å². The maximum absolute atomic E-state index is 12.6. The Morgan fingerprint density at radius 2 is 2.00 bits per heavy atom. The van der Waals surface area contributed by atoms with E-state index in [0.29, 0.717) is 35.6 Å². The van der Waals surface area contributed by atoms with Crippen LogP contribution in [0.2, 0.25) is 0 Å². The second-order valence-electron chi connectivity index (χ2n) is 7.51. The van der Waals surface area contributed by atoms with Crippen molar-refractivity contribution in [2.45, 2.75) is 45.5 Å². The fourth-order valence-corrected chi connectivity index (χ4v) is 3.97. The highest BCUT2D eigenvalue weighted by molar-refractivity contribution is 7.99. The molecule has 0 aliphatic heterocycles. The van der Waals surface area contributed by atoms with Crippen LogP contribution in [0.3, 0.4) is 0 Å². The monoisotopic (exact) mass is 466 g/mol. The zero-order valence-electron chi connectivity index (χ0n) is 19.5. The number of benzene rings is 2. The minimum atomic E-state index is -0.319. The molecule has 0 spiro atoms. The first kappa shape index (κ1) is 24.4. The molecule has 1 atom stereocenters. The van der Waals surface area contributed by atoms with Crippen LogP contribution >= 0.6 is 11.8 Å². The number of thioether (sulfide) groups is 1. The molecule has 0 radical (unpaired) electrons. The van der Waals surface area contributed by atoms with Crippen molar-refractivity contribution in [2.75, 3.05) is 17.7 Å². The van der Waals surface area contributed by atoms with E-state index >= 15 is 0 Å². The molecular weight excluding hydrogens is 436 g/mol. The second kappa shape index (κ2) is 11.6. The van der Waals surface area contributed by atoms with Gasteiger partial charge in [0.1, 0.15) is 11.5 Å². The fraction of sp³-hybridized carbons (Fsp3) is 0.320. The number of rotatable bonds is 11. The lowest BCUT2D eigenvalue weighted by molar-refractivity contribution is -0.113. The largest absolute Gasteiger partial charge is 0.492 e. The minimum Gasteiger partial charge on any atom is -0.492 e. The molecule has 3 rings (SSSR count). The number of aromatic nitrogens is 3. The molecule has 1 aromatic heterocycles. The van der Waals surface area contributed by atoms with Crippen molar-refractivity contribution >= 4 is 23.4 Å². The summed E-state index contributed by atoms with van der Waals surface area (Å²) in [6, 6.07) is 13.4. The minimum absolute atomic E-state index is 0.152. The summed E-state index contributed by atoms with van der Waals surface area (Å²) in [6.45, 7) is 12.8. The molecule has 1 amide bonds. The molecule has 0 aliphatic rings. The van der Waals surface area contributed by atoms with E-state index < -0.39 is 0 Å². The standard InChI is InChI=1S/C25H30N4O3S/c1-6-14-29-24(19(5)32-20-13-12-17(3)18(4)15-20)27-28-25(29)33-16-23(30)26-21-10-8-9-11-22(21)31-7-2/h6,8-13,15,19H,1,7,14,16H2,2-5H3,(H,26,30). The van der Waals surface area contributed by atoms with Gasteiger partial charge in [0.05, 0.1) is 18.0 Å². The normalized spacial score (nSPS) is 11.6. The van der Waals surface area contributed by atoms with E-state index in [9.17, 15) is 4.79 Å². The summed E-state index contributed by atoms with van der Waals surface area (Å²) in [6.07, 6.45) is 1.46. The van der Waals surface area contributed by atoms with Crippen LogP contribution in [0.4, 0.5) is 5.69 Å². The molecule has 33 heavy (non-hydrogen) atoms. The van der Waals surface area contributed by atoms with Crippen LogP contribution in [-0.4, -0.2) is 33.0 Å². The average molecular weight is 467 g/mol. The van der Waals surface area contributed by atoms with Crippen LogP contribution in [0.15, 0.2) is 60.3 Å². The predicted octanol–water partition coefficient (Wildman–Crippen LogP) is 5.35. The first-order valence-corrected chi connectivity index (χ1v) is 11.8. The molecule has 0 saturated carbocycles. The molecule has 0 bridgehead atoms. The number of aryl methyl sites for hydroxylation is 2. The molecule has 8 heteroatoms. The van der Waals surface area contributed by atoms with Gasteiger partial charge in [-0.05, 0) is 63.1 Å². The summed E-state index contributed by atoms with van der Waals surface area (Å²) in [7, 11) is 0. The number of hydrogen-bond acceptors (Lipinski definition) is 6. The van der Waals surface area contributed by atoms with Crippen molar-refractivity contribution in [1.82, 2.24) is 14.8 Å². The van der Waals surface area contributed by atoms with Crippen LogP contribution in [0.25, 0.3) is 0 Å². The Bertz CT molecular complexity index is 1110. The van der Waals surface area contributed by atoms with Gasteiger partial charge in [-0.1, -0.05) is 36.0 Å². The van der Waals surface area contributed by atoms with E-state index in [1.807, 2.05) is 60.9 Å². The highest BCUT2D eigenvalue weighted by Gasteiger charge is 2.20. The average Bonchev–Trinajstić information content (AvgIpc) is 3.19. The quantitative estimate of drug-likeness (QED) is 0.303. The van der Waals surface area contributed by atoms with E-state index in [2.05, 4.69) is 35.9 Å². The third-order valence-corrected chi connectivity index (χ3v) is 5.97. The number of anilines is 1. The molecule has 2 aromatic carbocycles. The van der Waals surface area contributed by atoms with Crippen LogP contribution < -0.4 is 14.8 Å². The molecule has 3 aromatic rings. The topological polar surface area (TPSA) is 78.3 Å². The first-order chi connectivity index (χ1) is 15.9. The lowest BCUT2D eigenvalue weighted by Crippen LogP contribution is -2.16. The van der Waals surface area contributed by atoms with Crippen LogP contribution in [-0.2, 0) is 11.3 Å². The van der Waals surface area contributed by atoms with E-state index in [4.69, 9.17) is 9.47 Å². The van der Waals surface area contributed by atoms with Gasteiger partial charge >= 0.3 is 0 Å². The number of carbonyl (C=O) groups excluding carboxylic acids is 1. The summed E-state index contributed by atoms with van der Waals surface area (Å²) in [5.74, 6) is 2.13. The van der Waals surface area contributed by atoms with E-state index in [-0.39, 0.29) is 17.8 Å². The van der Waals surface area contributed by atoms with Crippen molar-refractivity contribution in [3.8, 4) is 11.5 Å². The van der Waals surface area contributed by atoms with E-state index in [1.165, 1.54) is 22.9 Å². The van der Waals surface area contributed by atoms with Gasteiger partial charge in [0.15, 0.2) is 17.1 Å². The summed E-state index contributed by atoms with van der Waals surface area (Å²) < 4.78 is 13.6. The van der Waals surface area contributed by atoms with Gasteiger partial charge in [0, 0.05) is 6.54 Å². The number of nitrogens with zero attached hydrogens (tertiary/aromatic N) is 3. The maximum atomic E-state index is 12.6. The van der Waals surface area contributed by atoms with Crippen LogP contribution in [0.1, 0.15) is 36.9 Å². The van der Waals surface area contributed by atoms with Gasteiger partial charge in [0.2, 0.25) is 5.91 Å². The van der Waals surface area contributed by atoms with Gasteiger partial charge in [-0.25, -0.2) is 0 Å². The summed E-state index contributed by atoms with van der Waals surface area (Å²) in [5.41, 5.74) is 3.03. The third kappa shape index (κ3) is 6.38.